The van der Waals surface area contributed by atoms with Gasteiger partial charge in [0.1, 0.15) is 0 Å². The van der Waals surface area contributed by atoms with Crippen molar-refractivity contribution in [1.82, 2.24) is 0 Å². The summed E-state index contributed by atoms with van der Waals surface area (Å²) in [5.74, 6) is 1.74. The Bertz CT molecular complexity index is 321. The van der Waals surface area contributed by atoms with Crippen LogP contribution in [0.3, 0.4) is 0 Å². The Balaban J connectivity index is 1.98. The van der Waals surface area contributed by atoms with Crippen LogP contribution in [-0.2, 0) is 6.42 Å². The largest absolute Gasteiger partial charge is 0.133 e. The normalized spacial score (nSPS) is 31.8. The molecule has 1 heterocycles. The second kappa shape index (κ2) is 5.33. The summed E-state index contributed by atoms with van der Waals surface area (Å²) in [4.78, 5) is 2.25. The van der Waals surface area contributed by atoms with E-state index in [1.165, 1.54) is 34.3 Å². The maximum Gasteiger partial charge on any atom is 0.0701 e. The molecule has 0 radical (unpaired) electrons. The molecule has 0 saturated heterocycles. The fraction of sp³-hybridized carbons (Fsp3) is 0.667. The molecule has 0 N–H and O–H groups in total. The maximum absolute atomic E-state index is 3.84. The minimum Gasteiger partial charge on any atom is -0.133 e. The van der Waals surface area contributed by atoms with Gasteiger partial charge in [0.2, 0.25) is 0 Å². The highest BCUT2D eigenvalue weighted by Crippen LogP contribution is 2.37. The van der Waals surface area contributed by atoms with Gasteiger partial charge < -0.3 is 0 Å². The zero-order valence-corrected chi connectivity index (χ0v) is 12.9. The highest BCUT2D eigenvalue weighted by Gasteiger charge is 2.27. The minimum atomic E-state index is 0.731. The predicted octanol–water partition coefficient (Wildman–Crippen LogP) is 5.25. The summed E-state index contributed by atoms with van der Waals surface area (Å²) < 4.78 is 1.26. The van der Waals surface area contributed by atoms with Crippen LogP contribution in [0.1, 0.15) is 31.1 Å². The molecule has 1 fully saturated rings. The van der Waals surface area contributed by atoms with Crippen molar-refractivity contribution >= 4 is 43.2 Å². The van der Waals surface area contributed by atoms with Crippen LogP contribution in [-0.4, -0.2) is 4.83 Å². The molecule has 15 heavy (non-hydrogen) atoms. The molecule has 0 aromatic carbocycles. The maximum atomic E-state index is 3.84. The first-order valence-corrected chi connectivity index (χ1v) is 8.06. The second-order valence-electron chi connectivity index (χ2n) is 4.60. The molecule has 0 nitrogen and oxygen atoms in total. The molecular weight excluding hydrogens is 336 g/mol. The molecule has 1 aromatic heterocycles. The molecular formula is C12H16Br2S. The summed E-state index contributed by atoms with van der Waals surface area (Å²) in [5.41, 5.74) is 0. The number of thiophene rings is 1. The van der Waals surface area contributed by atoms with Gasteiger partial charge in [-0.25, -0.2) is 0 Å². The molecule has 84 valence electrons. The summed E-state index contributed by atoms with van der Waals surface area (Å²) in [6.07, 6.45) is 5.36. The lowest BCUT2D eigenvalue weighted by Gasteiger charge is -2.31. The van der Waals surface area contributed by atoms with E-state index in [4.69, 9.17) is 0 Å². The van der Waals surface area contributed by atoms with E-state index < -0.39 is 0 Å². The van der Waals surface area contributed by atoms with E-state index in [1.54, 1.807) is 0 Å². The Labute approximate surface area is 113 Å². The number of halogens is 2. The van der Waals surface area contributed by atoms with Crippen LogP contribution >= 0.6 is 43.2 Å². The van der Waals surface area contributed by atoms with Crippen molar-refractivity contribution in [2.45, 2.75) is 37.4 Å². The Hall–Kier alpha value is 0.660. The summed E-state index contributed by atoms with van der Waals surface area (Å²) in [5, 5.41) is 0. The van der Waals surface area contributed by atoms with Gasteiger partial charge in [-0.15, -0.1) is 11.3 Å². The Morgan fingerprint density at radius 3 is 2.87 bits per heavy atom. The molecule has 1 aliphatic carbocycles. The zero-order valence-electron chi connectivity index (χ0n) is 8.88. The van der Waals surface area contributed by atoms with E-state index in [-0.39, 0.29) is 0 Å². The summed E-state index contributed by atoms with van der Waals surface area (Å²) >= 11 is 9.25. The van der Waals surface area contributed by atoms with Crippen molar-refractivity contribution in [3.8, 4) is 0 Å². The van der Waals surface area contributed by atoms with Crippen LogP contribution in [0.15, 0.2) is 15.9 Å². The van der Waals surface area contributed by atoms with Crippen molar-refractivity contribution in [3.63, 3.8) is 0 Å². The van der Waals surface area contributed by atoms with E-state index >= 15 is 0 Å². The van der Waals surface area contributed by atoms with Gasteiger partial charge >= 0.3 is 0 Å². The van der Waals surface area contributed by atoms with Crippen LogP contribution in [0.5, 0.6) is 0 Å². The van der Waals surface area contributed by atoms with Crippen LogP contribution in [0.25, 0.3) is 0 Å². The average Bonchev–Trinajstić information content (AvgIpc) is 2.58. The van der Waals surface area contributed by atoms with Gasteiger partial charge in [0.15, 0.2) is 0 Å². The molecule has 0 amide bonds. The minimum absolute atomic E-state index is 0.731. The van der Waals surface area contributed by atoms with Crippen molar-refractivity contribution in [3.05, 3.63) is 20.8 Å². The first-order valence-electron chi connectivity index (χ1n) is 5.53. The summed E-state index contributed by atoms with van der Waals surface area (Å²) in [7, 11) is 0. The van der Waals surface area contributed by atoms with Crippen molar-refractivity contribution in [1.29, 1.82) is 0 Å². The lowest BCUT2D eigenvalue weighted by molar-refractivity contribution is 0.295. The number of hydrogen-bond donors (Lipinski definition) is 0. The molecule has 0 spiro atoms. The first-order chi connectivity index (χ1) is 7.15. The smallest absolute Gasteiger partial charge is 0.0701 e. The molecule has 2 rings (SSSR count). The molecule has 1 aliphatic rings. The fourth-order valence-corrected chi connectivity index (χ4v) is 4.64. The van der Waals surface area contributed by atoms with E-state index in [0.717, 1.165) is 16.7 Å². The van der Waals surface area contributed by atoms with E-state index in [0.29, 0.717) is 0 Å². The Morgan fingerprint density at radius 2 is 2.20 bits per heavy atom. The monoisotopic (exact) mass is 350 g/mol. The molecule has 3 atom stereocenters. The average molecular weight is 352 g/mol. The summed E-state index contributed by atoms with van der Waals surface area (Å²) in [6, 6.07) is 4.42. The van der Waals surface area contributed by atoms with Gasteiger partial charge in [-0.1, -0.05) is 22.9 Å². The van der Waals surface area contributed by atoms with Crippen molar-refractivity contribution in [2.24, 2.45) is 11.8 Å². The lowest BCUT2D eigenvalue weighted by atomic mass is 9.80. The second-order valence-corrected chi connectivity index (χ2v) is 8.33. The fourth-order valence-electron chi connectivity index (χ4n) is 2.39. The highest BCUT2D eigenvalue weighted by molar-refractivity contribution is 9.11. The van der Waals surface area contributed by atoms with E-state index in [2.05, 4.69) is 50.9 Å². The molecule has 1 saturated carbocycles. The third-order valence-corrected chi connectivity index (χ3v) is 6.10. The molecule has 3 unspecified atom stereocenters. The SMILES string of the molecule is CC1CCC(Br)C(Cc2ccc(Br)s2)C1. The number of alkyl halides is 1. The van der Waals surface area contributed by atoms with E-state index in [9.17, 15) is 0 Å². The van der Waals surface area contributed by atoms with Gasteiger partial charge in [-0.3, -0.25) is 0 Å². The van der Waals surface area contributed by atoms with Crippen LogP contribution in [0.2, 0.25) is 0 Å². The van der Waals surface area contributed by atoms with Gasteiger partial charge in [-0.2, -0.15) is 0 Å². The molecule has 0 aliphatic heterocycles. The highest BCUT2D eigenvalue weighted by atomic mass is 79.9. The molecule has 1 aromatic rings. The van der Waals surface area contributed by atoms with Crippen LogP contribution < -0.4 is 0 Å². The van der Waals surface area contributed by atoms with Crippen molar-refractivity contribution < 1.29 is 0 Å². The summed E-state index contributed by atoms with van der Waals surface area (Å²) in [6.45, 7) is 2.39. The third-order valence-electron chi connectivity index (χ3n) is 3.24. The van der Waals surface area contributed by atoms with Crippen LogP contribution in [0.4, 0.5) is 0 Å². The zero-order chi connectivity index (χ0) is 10.8. The Kier molecular flexibility index (Phi) is 4.31. The molecule has 3 heteroatoms. The quantitative estimate of drug-likeness (QED) is 0.638. The topological polar surface area (TPSA) is 0 Å². The molecule has 0 bridgehead atoms. The van der Waals surface area contributed by atoms with Crippen molar-refractivity contribution in [2.75, 3.05) is 0 Å². The Morgan fingerprint density at radius 1 is 1.40 bits per heavy atom. The van der Waals surface area contributed by atoms with Gasteiger partial charge in [0.05, 0.1) is 3.79 Å². The lowest BCUT2D eigenvalue weighted by Crippen LogP contribution is -2.25. The number of hydrogen-bond acceptors (Lipinski definition) is 1. The predicted molar refractivity (Wildman–Crippen MR) is 74.9 cm³/mol. The number of rotatable bonds is 2. The van der Waals surface area contributed by atoms with Gasteiger partial charge in [-0.05, 0) is 65.6 Å². The van der Waals surface area contributed by atoms with Gasteiger partial charge in [0, 0.05) is 9.70 Å². The van der Waals surface area contributed by atoms with E-state index in [1.807, 2.05) is 11.3 Å². The first kappa shape index (κ1) is 12.1. The van der Waals surface area contributed by atoms with Gasteiger partial charge in [0.25, 0.3) is 0 Å². The standard InChI is InChI=1S/C12H16Br2S/c1-8-2-4-11(13)9(6-8)7-10-3-5-12(14)15-10/h3,5,8-9,11H,2,4,6-7H2,1H3. The third kappa shape index (κ3) is 3.31. The van der Waals surface area contributed by atoms with Crippen LogP contribution in [0, 0.1) is 11.8 Å².